The molecule has 2 aromatic rings. The Kier molecular flexibility index (Phi) is 6.74. The van der Waals surface area contributed by atoms with Gasteiger partial charge in [-0.2, -0.15) is 0 Å². The van der Waals surface area contributed by atoms with E-state index in [1.165, 1.54) is 0 Å². The van der Waals surface area contributed by atoms with Crippen LogP contribution in [0.1, 0.15) is 11.1 Å². The number of carboxylic acids is 2. The quantitative estimate of drug-likeness (QED) is 0.671. The minimum Gasteiger partial charge on any atom is -0.489 e. The highest BCUT2D eigenvalue weighted by molar-refractivity contribution is 5.93. The van der Waals surface area contributed by atoms with Crippen molar-refractivity contribution in [2.45, 2.75) is 19.1 Å². The van der Waals surface area contributed by atoms with Crippen molar-refractivity contribution in [3.63, 3.8) is 0 Å². The van der Waals surface area contributed by atoms with Crippen LogP contribution < -0.4 is 4.74 Å². The molecule has 0 saturated carbocycles. The van der Waals surface area contributed by atoms with E-state index in [-0.39, 0.29) is 0 Å². The standard InChI is InChI=1S/C20H23NO5/c1-21(2)17(18(19(22)23)20(24)25)12-14-8-10-16(11-9-14)26-13-15-6-4-3-5-7-15/h3-11,17-18H,12-13H2,1-2H3,(H,22,23)(H,24,25). The predicted octanol–water partition coefficient (Wildman–Crippen LogP) is 2.52. The number of benzene rings is 2. The third-order valence-corrected chi connectivity index (χ3v) is 4.20. The molecule has 1 atom stereocenters. The molecule has 0 aliphatic rings. The molecule has 2 N–H and O–H groups in total. The van der Waals surface area contributed by atoms with Gasteiger partial charge in [0, 0.05) is 6.04 Å². The Hall–Kier alpha value is -2.86. The highest BCUT2D eigenvalue weighted by Gasteiger charge is 2.36. The first-order chi connectivity index (χ1) is 12.4. The van der Waals surface area contributed by atoms with Crippen molar-refractivity contribution < 1.29 is 24.5 Å². The van der Waals surface area contributed by atoms with Crippen molar-refractivity contribution in [1.82, 2.24) is 4.90 Å². The summed E-state index contributed by atoms with van der Waals surface area (Å²) in [5.74, 6) is -3.45. The Morgan fingerprint density at radius 1 is 0.923 bits per heavy atom. The summed E-state index contributed by atoms with van der Waals surface area (Å²) in [6.07, 6.45) is 0.315. The summed E-state index contributed by atoms with van der Waals surface area (Å²) in [5, 5.41) is 18.5. The number of rotatable bonds is 9. The predicted molar refractivity (Wildman–Crippen MR) is 97.2 cm³/mol. The van der Waals surface area contributed by atoms with Gasteiger partial charge in [0.2, 0.25) is 0 Å². The van der Waals surface area contributed by atoms with E-state index < -0.39 is 23.9 Å². The van der Waals surface area contributed by atoms with Crippen LogP contribution in [0, 0.1) is 5.92 Å². The van der Waals surface area contributed by atoms with Gasteiger partial charge in [0.05, 0.1) is 0 Å². The van der Waals surface area contributed by atoms with Crippen molar-refractivity contribution in [2.75, 3.05) is 14.1 Å². The number of aliphatic carboxylic acids is 2. The lowest BCUT2D eigenvalue weighted by Gasteiger charge is -2.27. The number of ether oxygens (including phenoxy) is 1. The van der Waals surface area contributed by atoms with Gasteiger partial charge in [-0.25, -0.2) is 0 Å². The van der Waals surface area contributed by atoms with Gasteiger partial charge in [-0.15, -0.1) is 0 Å². The topological polar surface area (TPSA) is 87.1 Å². The molecule has 0 heterocycles. The van der Waals surface area contributed by atoms with Crippen molar-refractivity contribution in [2.24, 2.45) is 5.92 Å². The lowest BCUT2D eigenvalue weighted by atomic mass is 9.92. The first-order valence-electron chi connectivity index (χ1n) is 8.26. The fraction of sp³-hybridized carbons (Fsp3) is 0.300. The Morgan fingerprint density at radius 3 is 2.00 bits per heavy atom. The first-order valence-corrected chi connectivity index (χ1v) is 8.26. The van der Waals surface area contributed by atoms with Gasteiger partial charge in [0.25, 0.3) is 0 Å². The van der Waals surface area contributed by atoms with E-state index in [4.69, 9.17) is 4.74 Å². The molecule has 2 rings (SSSR count). The van der Waals surface area contributed by atoms with Crippen LogP contribution in [-0.4, -0.2) is 47.2 Å². The fourth-order valence-corrected chi connectivity index (χ4v) is 2.74. The molecule has 0 aromatic heterocycles. The van der Waals surface area contributed by atoms with Gasteiger partial charge < -0.3 is 19.8 Å². The molecular formula is C20H23NO5. The van der Waals surface area contributed by atoms with E-state index in [0.29, 0.717) is 18.8 Å². The zero-order chi connectivity index (χ0) is 19.1. The Bertz CT molecular complexity index is 714. The van der Waals surface area contributed by atoms with E-state index >= 15 is 0 Å². The van der Waals surface area contributed by atoms with Gasteiger partial charge in [-0.3, -0.25) is 9.59 Å². The lowest BCUT2D eigenvalue weighted by Crippen LogP contribution is -2.45. The van der Waals surface area contributed by atoms with Gasteiger partial charge in [-0.05, 0) is 43.8 Å². The summed E-state index contributed by atoms with van der Waals surface area (Å²) in [7, 11) is 3.36. The molecule has 6 heteroatoms. The SMILES string of the molecule is CN(C)C(Cc1ccc(OCc2ccccc2)cc1)C(C(=O)O)C(=O)O. The van der Waals surface area contributed by atoms with Crippen LogP contribution in [0.4, 0.5) is 0 Å². The third-order valence-electron chi connectivity index (χ3n) is 4.20. The van der Waals surface area contributed by atoms with Crippen molar-refractivity contribution in [3.05, 3.63) is 65.7 Å². The molecular weight excluding hydrogens is 334 g/mol. The number of likely N-dealkylation sites (N-methyl/N-ethyl adjacent to an activating group) is 1. The molecule has 0 aliphatic heterocycles. The average Bonchev–Trinajstić information content (AvgIpc) is 2.60. The highest BCUT2D eigenvalue weighted by Crippen LogP contribution is 2.19. The van der Waals surface area contributed by atoms with Gasteiger partial charge in [0.1, 0.15) is 12.4 Å². The van der Waals surface area contributed by atoms with Crippen molar-refractivity contribution in [3.8, 4) is 5.75 Å². The molecule has 0 spiro atoms. The molecule has 2 aromatic carbocycles. The van der Waals surface area contributed by atoms with Crippen molar-refractivity contribution in [1.29, 1.82) is 0 Å². The summed E-state index contributed by atoms with van der Waals surface area (Å²) < 4.78 is 5.72. The second-order valence-corrected chi connectivity index (χ2v) is 6.31. The third kappa shape index (κ3) is 5.32. The summed E-state index contributed by atoms with van der Waals surface area (Å²) in [6, 6.07) is 16.4. The number of carbonyl (C=O) groups is 2. The van der Waals surface area contributed by atoms with Crippen LogP contribution in [-0.2, 0) is 22.6 Å². The van der Waals surface area contributed by atoms with Crippen LogP contribution in [0.3, 0.4) is 0 Å². The maximum Gasteiger partial charge on any atom is 0.319 e. The van der Waals surface area contributed by atoms with Crippen LogP contribution in [0.5, 0.6) is 5.75 Å². The number of nitrogens with zero attached hydrogens (tertiary/aromatic N) is 1. The molecule has 0 saturated heterocycles. The average molecular weight is 357 g/mol. The molecule has 0 amide bonds. The van der Waals surface area contributed by atoms with Crippen LogP contribution in [0.2, 0.25) is 0 Å². The van der Waals surface area contributed by atoms with Gasteiger partial charge in [0.15, 0.2) is 5.92 Å². The summed E-state index contributed by atoms with van der Waals surface area (Å²) >= 11 is 0. The molecule has 0 aliphatic carbocycles. The zero-order valence-electron chi connectivity index (χ0n) is 14.8. The molecule has 138 valence electrons. The van der Waals surface area contributed by atoms with E-state index in [1.54, 1.807) is 19.0 Å². The Labute approximate surface area is 152 Å². The van der Waals surface area contributed by atoms with Gasteiger partial charge in [-0.1, -0.05) is 42.5 Å². The second-order valence-electron chi connectivity index (χ2n) is 6.31. The highest BCUT2D eigenvalue weighted by atomic mass is 16.5. The molecule has 0 bridgehead atoms. The van der Waals surface area contributed by atoms with E-state index in [2.05, 4.69) is 0 Å². The Morgan fingerprint density at radius 2 is 1.50 bits per heavy atom. The number of hydrogen-bond donors (Lipinski definition) is 2. The summed E-state index contributed by atoms with van der Waals surface area (Å²) in [5.41, 5.74) is 1.92. The minimum absolute atomic E-state index is 0.315. The zero-order valence-corrected chi connectivity index (χ0v) is 14.8. The van der Waals surface area contributed by atoms with Gasteiger partial charge >= 0.3 is 11.9 Å². The lowest BCUT2D eigenvalue weighted by molar-refractivity contribution is -0.157. The largest absolute Gasteiger partial charge is 0.489 e. The summed E-state index contributed by atoms with van der Waals surface area (Å²) in [6.45, 7) is 0.459. The molecule has 6 nitrogen and oxygen atoms in total. The maximum absolute atomic E-state index is 11.3. The molecule has 0 radical (unpaired) electrons. The second kappa shape index (κ2) is 9.01. The summed E-state index contributed by atoms with van der Waals surface area (Å²) in [4.78, 5) is 24.3. The first kappa shape index (κ1) is 19.5. The van der Waals surface area contributed by atoms with E-state index in [0.717, 1.165) is 11.1 Å². The monoisotopic (exact) mass is 357 g/mol. The van der Waals surface area contributed by atoms with Crippen LogP contribution in [0.15, 0.2) is 54.6 Å². The minimum atomic E-state index is -1.49. The maximum atomic E-state index is 11.3. The Balaban J connectivity index is 2.04. The fourth-order valence-electron chi connectivity index (χ4n) is 2.74. The smallest absolute Gasteiger partial charge is 0.319 e. The molecule has 0 fully saturated rings. The molecule has 1 unspecified atom stereocenters. The normalized spacial score (nSPS) is 12.2. The number of carboxylic acid groups (broad SMARTS) is 2. The number of hydrogen-bond acceptors (Lipinski definition) is 4. The van der Waals surface area contributed by atoms with Crippen molar-refractivity contribution >= 4 is 11.9 Å². The molecule has 26 heavy (non-hydrogen) atoms. The van der Waals surface area contributed by atoms with Crippen LogP contribution >= 0.6 is 0 Å². The van der Waals surface area contributed by atoms with Crippen LogP contribution in [0.25, 0.3) is 0 Å². The van der Waals surface area contributed by atoms with E-state index in [9.17, 15) is 19.8 Å². The van der Waals surface area contributed by atoms with E-state index in [1.807, 2.05) is 54.6 Å².